The number of thiazole rings is 1. The van der Waals surface area contributed by atoms with Gasteiger partial charge in [-0.3, -0.25) is 0 Å². The maximum Gasteiger partial charge on any atom is 0.410 e. The van der Waals surface area contributed by atoms with Crippen LogP contribution in [-0.4, -0.2) is 67.1 Å². The number of anilines is 1. The van der Waals surface area contributed by atoms with Gasteiger partial charge in [0.25, 0.3) is 0 Å². The van der Waals surface area contributed by atoms with Gasteiger partial charge in [-0.2, -0.15) is 0 Å². The summed E-state index contributed by atoms with van der Waals surface area (Å²) in [5.41, 5.74) is 2.84. The average Bonchev–Trinajstić information content (AvgIpc) is 3.25. The van der Waals surface area contributed by atoms with Crippen LogP contribution in [0.4, 0.5) is 10.5 Å². The molecule has 1 saturated heterocycles. The zero-order chi connectivity index (χ0) is 26.2. The first-order valence-corrected chi connectivity index (χ1v) is 13.9. The zero-order valence-corrected chi connectivity index (χ0v) is 23.2. The van der Waals surface area contributed by atoms with Crippen LogP contribution in [0.3, 0.4) is 0 Å². The minimum atomic E-state index is -0.462. The van der Waals surface area contributed by atoms with Crippen molar-refractivity contribution in [3.05, 3.63) is 42.5 Å². The SMILES string of the molecule is CN(C)c1ccc(-c2nc3ccc(O[C@H]4C[C@H](OC5CCN(C(=O)OC(C)(C)C)CC5)C4)cc3s2)cc1. The first-order chi connectivity index (χ1) is 17.6. The first-order valence-electron chi connectivity index (χ1n) is 13.1. The van der Waals surface area contributed by atoms with Gasteiger partial charge in [0.15, 0.2) is 0 Å². The molecule has 2 aromatic carbocycles. The van der Waals surface area contributed by atoms with Crippen molar-refractivity contribution >= 4 is 33.3 Å². The second kappa shape index (κ2) is 10.5. The van der Waals surface area contributed by atoms with Crippen LogP contribution in [0.5, 0.6) is 5.75 Å². The van der Waals surface area contributed by atoms with Crippen LogP contribution in [0.1, 0.15) is 46.5 Å². The van der Waals surface area contributed by atoms with E-state index in [-0.39, 0.29) is 24.4 Å². The lowest BCUT2D eigenvalue weighted by Gasteiger charge is -2.40. The third-order valence-corrected chi connectivity index (χ3v) is 7.89. The van der Waals surface area contributed by atoms with Crippen molar-refractivity contribution in [3.63, 3.8) is 0 Å². The van der Waals surface area contributed by atoms with Crippen LogP contribution in [0.25, 0.3) is 20.8 Å². The Balaban J connectivity index is 1.09. The maximum absolute atomic E-state index is 12.3. The van der Waals surface area contributed by atoms with Crippen LogP contribution in [0, 0.1) is 0 Å². The van der Waals surface area contributed by atoms with E-state index in [1.807, 2.05) is 47.0 Å². The molecule has 2 aliphatic rings. The second-order valence-corrected chi connectivity index (χ2v) is 12.3. The number of aromatic nitrogens is 1. The minimum Gasteiger partial charge on any atom is -0.490 e. The van der Waals surface area contributed by atoms with Crippen LogP contribution >= 0.6 is 11.3 Å². The number of amides is 1. The Morgan fingerprint density at radius 2 is 1.70 bits per heavy atom. The molecule has 0 unspecified atom stereocenters. The molecule has 198 valence electrons. The van der Waals surface area contributed by atoms with E-state index < -0.39 is 5.60 Å². The predicted molar refractivity (Wildman–Crippen MR) is 149 cm³/mol. The van der Waals surface area contributed by atoms with Crippen LogP contribution in [0.15, 0.2) is 42.5 Å². The highest BCUT2D eigenvalue weighted by molar-refractivity contribution is 7.21. The number of rotatable bonds is 6. The summed E-state index contributed by atoms with van der Waals surface area (Å²) in [6.45, 7) is 7.06. The molecule has 1 aliphatic heterocycles. The highest BCUT2D eigenvalue weighted by Crippen LogP contribution is 2.35. The van der Waals surface area contributed by atoms with Gasteiger partial charge >= 0.3 is 6.09 Å². The number of carbonyl (C=O) groups excluding carboxylic acids is 1. The molecule has 37 heavy (non-hydrogen) atoms. The smallest absolute Gasteiger partial charge is 0.410 e. The van der Waals surface area contributed by atoms with Gasteiger partial charge in [0.1, 0.15) is 22.5 Å². The number of hydrogen-bond acceptors (Lipinski definition) is 7. The summed E-state index contributed by atoms with van der Waals surface area (Å²) in [7, 11) is 4.09. The number of ether oxygens (including phenoxy) is 3. The average molecular weight is 524 g/mol. The van der Waals surface area contributed by atoms with Crippen LogP contribution in [-0.2, 0) is 9.47 Å². The minimum absolute atomic E-state index is 0.176. The Bertz CT molecular complexity index is 1220. The fraction of sp³-hybridized carbons (Fsp3) is 0.517. The lowest BCUT2D eigenvalue weighted by atomic mass is 9.91. The Hall–Kier alpha value is -2.84. The second-order valence-electron chi connectivity index (χ2n) is 11.2. The molecule has 7 nitrogen and oxygen atoms in total. The number of hydrogen-bond donors (Lipinski definition) is 0. The highest BCUT2D eigenvalue weighted by atomic mass is 32.1. The Kier molecular flexibility index (Phi) is 7.32. The molecule has 8 heteroatoms. The van der Waals surface area contributed by atoms with Crippen molar-refractivity contribution in [2.45, 2.75) is 70.4 Å². The zero-order valence-electron chi connectivity index (χ0n) is 22.4. The van der Waals surface area contributed by atoms with Gasteiger partial charge in [-0.05, 0) is 76.1 Å². The molecule has 0 spiro atoms. The lowest BCUT2D eigenvalue weighted by molar-refractivity contribution is -0.109. The van der Waals surface area contributed by atoms with Gasteiger partial charge in [-0.25, -0.2) is 9.78 Å². The molecule has 1 aromatic heterocycles. The fourth-order valence-corrected chi connectivity index (χ4v) is 5.69. The summed E-state index contributed by atoms with van der Waals surface area (Å²) in [5.74, 6) is 0.889. The van der Waals surface area contributed by atoms with E-state index >= 15 is 0 Å². The molecule has 5 rings (SSSR count). The molecule has 0 N–H and O–H groups in total. The van der Waals surface area contributed by atoms with E-state index in [0.29, 0.717) is 13.1 Å². The predicted octanol–water partition coefficient (Wildman–Crippen LogP) is 6.36. The largest absolute Gasteiger partial charge is 0.490 e. The molecule has 1 amide bonds. The Labute approximate surface area is 223 Å². The number of likely N-dealkylation sites (tertiary alicyclic amines) is 1. The normalized spacial score (nSPS) is 20.5. The molecular weight excluding hydrogens is 486 g/mol. The van der Waals surface area contributed by atoms with E-state index in [9.17, 15) is 4.79 Å². The molecule has 0 bridgehead atoms. The maximum atomic E-state index is 12.3. The fourth-order valence-electron chi connectivity index (χ4n) is 4.69. The van der Waals surface area contributed by atoms with Gasteiger partial charge in [0.2, 0.25) is 0 Å². The molecule has 2 fully saturated rings. The summed E-state index contributed by atoms with van der Waals surface area (Å²) >= 11 is 1.69. The van der Waals surface area contributed by atoms with Gasteiger partial charge in [0, 0.05) is 51.3 Å². The number of benzene rings is 2. The molecule has 0 atom stereocenters. The summed E-state index contributed by atoms with van der Waals surface area (Å²) in [4.78, 5) is 21.0. The highest BCUT2D eigenvalue weighted by Gasteiger charge is 2.35. The molecule has 3 aromatic rings. The van der Waals surface area contributed by atoms with Gasteiger partial charge < -0.3 is 24.0 Å². The topological polar surface area (TPSA) is 64.1 Å². The number of nitrogens with zero attached hydrogens (tertiary/aromatic N) is 3. The third kappa shape index (κ3) is 6.36. The van der Waals surface area contributed by atoms with Crippen molar-refractivity contribution in [1.82, 2.24) is 9.88 Å². The van der Waals surface area contributed by atoms with Gasteiger partial charge in [0.05, 0.1) is 22.4 Å². The summed E-state index contributed by atoms with van der Waals surface area (Å²) in [6.07, 6.45) is 3.88. The van der Waals surface area contributed by atoms with Crippen molar-refractivity contribution in [1.29, 1.82) is 0 Å². The van der Waals surface area contributed by atoms with E-state index in [2.05, 4.69) is 35.2 Å². The van der Waals surface area contributed by atoms with E-state index in [1.165, 1.54) is 5.69 Å². The van der Waals surface area contributed by atoms with Crippen molar-refractivity contribution < 1.29 is 19.0 Å². The van der Waals surface area contributed by atoms with Gasteiger partial charge in [-0.15, -0.1) is 11.3 Å². The van der Waals surface area contributed by atoms with Crippen LogP contribution in [0.2, 0.25) is 0 Å². The van der Waals surface area contributed by atoms with E-state index in [1.54, 1.807) is 16.2 Å². The van der Waals surface area contributed by atoms with Crippen molar-refractivity contribution in [3.8, 4) is 16.3 Å². The number of fused-ring (bicyclic) bond motifs is 1. The Morgan fingerprint density at radius 1 is 1.00 bits per heavy atom. The molecule has 0 radical (unpaired) electrons. The van der Waals surface area contributed by atoms with Crippen LogP contribution < -0.4 is 9.64 Å². The number of piperidine rings is 1. The summed E-state index contributed by atoms with van der Waals surface area (Å²) in [6, 6.07) is 14.7. The monoisotopic (exact) mass is 523 g/mol. The molecular formula is C29H37N3O4S. The van der Waals surface area contributed by atoms with Crippen molar-refractivity contribution in [2.24, 2.45) is 0 Å². The molecule has 1 saturated carbocycles. The molecule has 1 aliphatic carbocycles. The van der Waals surface area contributed by atoms with E-state index in [0.717, 1.165) is 52.2 Å². The van der Waals surface area contributed by atoms with Gasteiger partial charge in [-0.1, -0.05) is 0 Å². The van der Waals surface area contributed by atoms with Crippen molar-refractivity contribution in [2.75, 3.05) is 32.1 Å². The summed E-state index contributed by atoms with van der Waals surface area (Å²) in [5, 5.41) is 1.02. The third-order valence-electron chi connectivity index (χ3n) is 6.82. The van der Waals surface area contributed by atoms with E-state index in [4.69, 9.17) is 19.2 Å². The number of carbonyl (C=O) groups is 1. The standard InChI is InChI=1S/C29H37N3O4S/c1-29(2,3)36-28(33)32-14-12-21(13-15-32)34-23-16-24(17-23)35-22-10-11-25-26(18-22)37-27(30-25)19-6-8-20(9-7-19)31(4)5/h6-11,18,21,23-24H,12-17H2,1-5H3/t23-,24-. The quantitative estimate of drug-likeness (QED) is 0.375. The summed E-state index contributed by atoms with van der Waals surface area (Å²) < 4.78 is 19.2. The lowest BCUT2D eigenvalue weighted by Crippen LogP contribution is -2.46. The molecule has 2 heterocycles. The first kappa shape index (κ1) is 25.8. The Morgan fingerprint density at radius 3 is 2.35 bits per heavy atom.